The molecule has 3 rings (SSSR count). The van der Waals surface area contributed by atoms with E-state index in [1.165, 1.54) is 0 Å². The summed E-state index contributed by atoms with van der Waals surface area (Å²) < 4.78 is 5.45. The Hall–Kier alpha value is -3.39. The first kappa shape index (κ1) is 22.3. The van der Waals surface area contributed by atoms with Gasteiger partial charge in [-0.25, -0.2) is 9.59 Å². The summed E-state index contributed by atoms with van der Waals surface area (Å²) in [6.07, 6.45) is 0.123. The zero-order valence-corrected chi connectivity index (χ0v) is 17.2. The summed E-state index contributed by atoms with van der Waals surface area (Å²) in [4.78, 5) is 35.8. The number of benzene rings is 2. The first-order valence-corrected chi connectivity index (χ1v) is 10.2. The van der Waals surface area contributed by atoms with Gasteiger partial charge in [0.2, 0.25) is 5.91 Å². The Morgan fingerprint density at radius 3 is 2.06 bits per heavy atom. The van der Waals surface area contributed by atoms with E-state index in [-0.39, 0.29) is 12.5 Å². The third kappa shape index (κ3) is 5.03. The smallest absolute Gasteiger partial charge is 0.407 e. The van der Waals surface area contributed by atoms with Crippen molar-refractivity contribution in [2.45, 2.75) is 37.8 Å². The Balaban J connectivity index is 1.64. The molecule has 2 aromatic carbocycles. The Kier molecular flexibility index (Phi) is 7.25. The number of carbonyl (C=O) groups is 3. The summed E-state index contributed by atoms with van der Waals surface area (Å²) in [6, 6.07) is 13.5. The van der Waals surface area contributed by atoms with Gasteiger partial charge in [-0.1, -0.05) is 61.9 Å². The van der Waals surface area contributed by atoms with Crippen molar-refractivity contribution in [3.05, 3.63) is 59.7 Å². The van der Waals surface area contributed by atoms with E-state index in [1.54, 1.807) is 0 Å². The molecular formula is C23H26N2O6. The largest absolute Gasteiger partial charge is 0.480 e. The molecule has 0 spiro atoms. The molecule has 0 aromatic heterocycles. The van der Waals surface area contributed by atoms with E-state index in [0.29, 0.717) is 12.8 Å². The summed E-state index contributed by atoms with van der Waals surface area (Å²) in [5.74, 6) is -2.15. The molecule has 0 heterocycles. The molecule has 2 amide bonds. The average molecular weight is 426 g/mol. The summed E-state index contributed by atoms with van der Waals surface area (Å²) in [5.41, 5.74) is 4.37. The van der Waals surface area contributed by atoms with Crippen molar-refractivity contribution < 1.29 is 29.3 Å². The third-order valence-corrected chi connectivity index (χ3v) is 5.33. The second-order valence-electron chi connectivity index (χ2n) is 7.39. The fourth-order valence-corrected chi connectivity index (χ4v) is 3.80. The maximum atomic E-state index is 12.4. The summed E-state index contributed by atoms with van der Waals surface area (Å²) >= 11 is 0. The fourth-order valence-electron chi connectivity index (χ4n) is 3.80. The summed E-state index contributed by atoms with van der Waals surface area (Å²) in [7, 11) is 0. The summed E-state index contributed by atoms with van der Waals surface area (Å²) in [5, 5.41) is 22.8. The average Bonchev–Trinajstić information content (AvgIpc) is 3.09. The Morgan fingerprint density at radius 1 is 0.968 bits per heavy atom. The van der Waals surface area contributed by atoms with E-state index in [1.807, 2.05) is 55.5 Å². The molecule has 4 N–H and O–H groups in total. The SMILES string of the molecule is CCCC(NC(=O)OCC1c2ccccc2-c2ccccc21)C(=O)N[C@H](CO)C(=O)O. The van der Waals surface area contributed by atoms with Gasteiger partial charge in [-0.2, -0.15) is 0 Å². The van der Waals surface area contributed by atoms with Crippen LogP contribution in [0.2, 0.25) is 0 Å². The second kappa shape index (κ2) is 10.1. The van der Waals surface area contributed by atoms with Crippen molar-refractivity contribution in [2.75, 3.05) is 13.2 Å². The highest BCUT2D eigenvalue weighted by Crippen LogP contribution is 2.44. The van der Waals surface area contributed by atoms with Gasteiger partial charge in [-0.3, -0.25) is 4.79 Å². The molecule has 31 heavy (non-hydrogen) atoms. The zero-order chi connectivity index (χ0) is 22.4. The quantitative estimate of drug-likeness (QED) is 0.487. The molecule has 0 aliphatic heterocycles. The van der Waals surface area contributed by atoms with Gasteiger partial charge >= 0.3 is 12.1 Å². The Bertz CT molecular complexity index is 915. The minimum absolute atomic E-state index is 0.106. The normalized spacial score (nSPS) is 14.1. The van der Waals surface area contributed by atoms with Crippen LogP contribution in [0.1, 0.15) is 36.8 Å². The van der Waals surface area contributed by atoms with Crippen molar-refractivity contribution in [1.82, 2.24) is 10.6 Å². The van der Waals surface area contributed by atoms with Crippen LogP contribution in [0.25, 0.3) is 11.1 Å². The monoisotopic (exact) mass is 426 g/mol. The molecule has 0 saturated heterocycles. The molecule has 0 fully saturated rings. The third-order valence-electron chi connectivity index (χ3n) is 5.33. The van der Waals surface area contributed by atoms with Crippen LogP contribution in [-0.2, 0) is 14.3 Å². The number of aliphatic hydroxyl groups is 1. The van der Waals surface area contributed by atoms with Crippen LogP contribution >= 0.6 is 0 Å². The van der Waals surface area contributed by atoms with Crippen LogP contribution < -0.4 is 10.6 Å². The molecule has 8 nitrogen and oxygen atoms in total. The van der Waals surface area contributed by atoms with Gasteiger partial charge in [0.25, 0.3) is 0 Å². The Labute approximate surface area is 180 Å². The lowest BCUT2D eigenvalue weighted by Gasteiger charge is -2.21. The van der Waals surface area contributed by atoms with Gasteiger partial charge in [0.1, 0.15) is 18.7 Å². The van der Waals surface area contributed by atoms with Gasteiger partial charge in [0.05, 0.1) is 6.61 Å². The fraction of sp³-hybridized carbons (Fsp3) is 0.348. The topological polar surface area (TPSA) is 125 Å². The highest BCUT2D eigenvalue weighted by Gasteiger charge is 2.30. The van der Waals surface area contributed by atoms with Crippen molar-refractivity contribution in [3.8, 4) is 11.1 Å². The van der Waals surface area contributed by atoms with Crippen molar-refractivity contribution in [2.24, 2.45) is 0 Å². The predicted molar refractivity (Wildman–Crippen MR) is 114 cm³/mol. The Morgan fingerprint density at radius 2 is 1.55 bits per heavy atom. The number of aliphatic carboxylic acids is 1. The number of ether oxygens (including phenoxy) is 1. The lowest BCUT2D eigenvalue weighted by molar-refractivity contribution is -0.143. The molecule has 1 aliphatic carbocycles. The lowest BCUT2D eigenvalue weighted by Crippen LogP contribution is -2.52. The molecule has 0 saturated carbocycles. The van der Waals surface area contributed by atoms with Crippen LogP contribution in [0.5, 0.6) is 0 Å². The van der Waals surface area contributed by atoms with Gasteiger partial charge in [-0.05, 0) is 28.7 Å². The maximum absolute atomic E-state index is 12.4. The van der Waals surface area contributed by atoms with Gasteiger partial charge in [0.15, 0.2) is 0 Å². The van der Waals surface area contributed by atoms with E-state index < -0.39 is 36.7 Å². The van der Waals surface area contributed by atoms with Crippen molar-refractivity contribution >= 4 is 18.0 Å². The molecule has 164 valence electrons. The molecule has 2 atom stereocenters. The number of carbonyl (C=O) groups excluding carboxylic acids is 2. The molecule has 0 radical (unpaired) electrons. The molecule has 1 aliphatic rings. The number of rotatable bonds is 9. The minimum Gasteiger partial charge on any atom is -0.480 e. The number of hydrogen-bond acceptors (Lipinski definition) is 5. The summed E-state index contributed by atoms with van der Waals surface area (Å²) in [6.45, 7) is 1.19. The number of hydrogen-bond donors (Lipinski definition) is 4. The zero-order valence-electron chi connectivity index (χ0n) is 17.2. The van der Waals surface area contributed by atoms with Gasteiger partial charge in [-0.15, -0.1) is 0 Å². The number of amides is 2. The van der Waals surface area contributed by atoms with E-state index in [2.05, 4.69) is 10.6 Å². The highest BCUT2D eigenvalue weighted by molar-refractivity contribution is 5.89. The number of carboxylic acid groups (broad SMARTS) is 1. The molecular weight excluding hydrogens is 400 g/mol. The first-order chi connectivity index (χ1) is 15.0. The van der Waals surface area contributed by atoms with Crippen LogP contribution in [-0.4, -0.2) is 53.5 Å². The van der Waals surface area contributed by atoms with Crippen LogP contribution in [0.15, 0.2) is 48.5 Å². The van der Waals surface area contributed by atoms with Crippen LogP contribution in [0.3, 0.4) is 0 Å². The molecule has 2 aromatic rings. The maximum Gasteiger partial charge on any atom is 0.407 e. The molecule has 1 unspecified atom stereocenters. The number of carboxylic acids is 1. The number of aliphatic hydroxyl groups excluding tert-OH is 1. The van der Waals surface area contributed by atoms with Gasteiger partial charge in [0, 0.05) is 5.92 Å². The van der Waals surface area contributed by atoms with Crippen molar-refractivity contribution in [3.63, 3.8) is 0 Å². The van der Waals surface area contributed by atoms with E-state index >= 15 is 0 Å². The lowest BCUT2D eigenvalue weighted by atomic mass is 9.98. The van der Waals surface area contributed by atoms with Crippen molar-refractivity contribution in [1.29, 1.82) is 0 Å². The van der Waals surface area contributed by atoms with Crippen LogP contribution in [0, 0.1) is 0 Å². The number of fused-ring (bicyclic) bond motifs is 3. The standard InChI is InChI=1S/C23H26N2O6/c1-2-7-19(21(27)24-20(12-26)22(28)29)25-23(30)31-13-18-16-10-5-3-8-14(16)15-9-4-6-11-17(15)18/h3-6,8-11,18-20,26H,2,7,12-13H2,1H3,(H,24,27)(H,25,30)(H,28,29)/t19?,20-/m1/s1. The molecule has 8 heteroatoms. The number of alkyl carbamates (subject to hydrolysis) is 1. The second-order valence-corrected chi connectivity index (χ2v) is 7.39. The van der Waals surface area contributed by atoms with Gasteiger partial charge < -0.3 is 25.6 Å². The first-order valence-electron chi connectivity index (χ1n) is 10.2. The van der Waals surface area contributed by atoms with E-state index in [0.717, 1.165) is 22.3 Å². The molecule has 0 bridgehead atoms. The van der Waals surface area contributed by atoms with E-state index in [4.69, 9.17) is 14.9 Å². The minimum atomic E-state index is -1.43. The van der Waals surface area contributed by atoms with Crippen LogP contribution in [0.4, 0.5) is 4.79 Å². The number of nitrogens with one attached hydrogen (secondary N) is 2. The predicted octanol–water partition coefficient (Wildman–Crippen LogP) is 2.26. The highest BCUT2D eigenvalue weighted by atomic mass is 16.5. The van der Waals surface area contributed by atoms with E-state index in [9.17, 15) is 14.4 Å².